The lowest BCUT2D eigenvalue weighted by Crippen LogP contribution is -2.41. The number of hydrogen-bond acceptors (Lipinski definition) is 5. The van der Waals surface area contributed by atoms with E-state index >= 15 is 0 Å². The predicted octanol–water partition coefficient (Wildman–Crippen LogP) is 3.71. The highest BCUT2D eigenvalue weighted by Crippen LogP contribution is 2.38. The fourth-order valence-corrected chi connectivity index (χ4v) is 3.69. The van der Waals surface area contributed by atoms with Crippen molar-refractivity contribution in [2.75, 3.05) is 7.05 Å². The average Bonchev–Trinajstić information content (AvgIpc) is 2.88. The molecule has 0 spiro atoms. The largest absolute Gasteiger partial charge is 0.498 e. The zero-order valence-corrected chi connectivity index (χ0v) is 18.5. The molecule has 1 aliphatic rings. The average molecular weight is 457 g/mol. The molecule has 1 N–H and O–H groups in total. The first-order chi connectivity index (χ1) is 14.2. The normalized spacial score (nSPS) is 18.3. The van der Waals surface area contributed by atoms with Crippen LogP contribution in [0.4, 0.5) is 13.2 Å². The van der Waals surface area contributed by atoms with Gasteiger partial charge < -0.3 is 14.0 Å². The third kappa shape index (κ3) is 4.74. The lowest BCUT2D eigenvalue weighted by molar-refractivity contribution is -0.137. The maximum absolute atomic E-state index is 13.1. The van der Waals surface area contributed by atoms with Crippen molar-refractivity contribution >= 4 is 22.6 Å². The molecule has 6 nitrogen and oxygen atoms in total. The van der Waals surface area contributed by atoms with Crippen LogP contribution in [0.3, 0.4) is 0 Å². The summed E-state index contributed by atoms with van der Waals surface area (Å²) in [6, 6.07) is 8.40. The van der Waals surface area contributed by atoms with Gasteiger partial charge in [0.1, 0.15) is 11.5 Å². The van der Waals surface area contributed by atoms with Gasteiger partial charge in [-0.3, -0.25) is 0 Å². The molecule has 1 fully saturated rings. The van der Waals surface area contributed by atoms with Gasteiger partial charge in [-0.25, -0.2) is 13.1 Å². The van der Waals surface area contributed by atoms with Crippen LogP contribution in [0.15, 0.2) is 47.4 Å². The number of ether oxygens (including phenoxy) is 1. The summed E-state index contributed by atoms with van der Waals surface area (Å²) in [6.45, 7) is 7.31. The Labute approximate surface area is 179 Å². The van der Waals surface area contributed by atoms with Gasteiger partial charge in [-0.15, -0.1) is 0 Å². The van der Waals surface area contributed by atoms with Crippen molar-refractivity contribution < 1.29 is 35.6 Å². The molecular formula is C20H23BF3NO5S. The zero-order valence-electron chi connectivity index (χ0n) is 17.7. The third-order valence-corrected chi connectivity index (χ3v) is 6.87. The van der Waals surface area contributed by atoms with Crippen molar-refractivity contribution in [2.45, 2.75) is 50.0 Å². The van der Waals surface area contributed by atoms with Crippen molar-refractivity contribution in [3.05, 3.63) is 48.0 Å². The molecule has 1 heterocycles. The van der Waals surface area contributed by atoms with Crippen molar-refractivity contribution in [1.29, 1.82) is 0 Å². The van der Waals surface area contributed by atoms with Crippen LogP contribution in [0.2, 0.25) is 0 Å². The number of sulfonamides is 1. The van der Waals surface area contributed by atoms with Crippen LogP contribution in [0.5, 0.6) is 11.5 Å². The number of rotatable bonds is 5. The molecular weight excluding hydrogens is 434 g/mol. The van der Waals surface area contributed by atoms with Crippen LogP contribution in [0, 0.1) is 0 Å². The van der Waals surface area contributed by atoms with E-state index in [9.17, 15) is 21.6 Å². The summed E-state index contributed by atoms with van der Waals surface area (Å²) in [4.78, 5) is -0.0592. The maximum Gasteiger partial charge on any atom is 0.498 e. The molecule has 3 rings (SSSR count). The van der Waals surface area contributed by atoms with Gasteiger partial charge in [-0.05, 0) is 71.1 Å². The van der Waals surface area contributed by atoms with Crippen LogP contribution < -0.4 is 14.9 Å². The van der Waals surface area contributed by atoms with E-state index in [1.54, 1.807) is 0 Å². The zero-order chi connectivity index (χ0) is 23.2. The maximum atomic E-state index is 13.1. The Morgan fingerprint density at radius 1 is 1.00 bits per heavy atom. The van der Waals surface area contributed by atoms with E-state index in [4.69, 9.17) is 14.0 Å². The number of benzene rings is 2. The van der Waals surface area contributed by atoms with E-state index < -0.39 is 40.1 Å². The Morgan fingerprint density at radius 2 is 1.61 bits per heavy atom. The molecule has 2 aromatic rings. The standard InChI is InChI=1S/C20H23BF3NO5S/c1-18(2)19(3,4)30-21(29-18)16-12-15(31(26,27)25-5)9-10-17(16)28-14-8-6-7-13(11-14)20(22,23)24/h6-12,25H,1-5H3. The Kier molecular flexibility index (Phi) is 5.94. The Hall–Kier alpha value is -2.08. The molecule has 0 unspecified atom stereocenters. The first-order valence-corrected chi connectivity index (χ1v) is 10.9. The van der Waals surface area contributed by atoms with E-state index in [-0.39, 0.29) is 21.9 Å². The first-order valence-electron chi connectivity index (χ1n) is 9.44. The molecule has 2 aromatic carbocycles. The first kappa shape index (κ1) is 23.6. The van der Waals surface area contributed by atoms with E-state index in [0.717, 1.165) is 12.1 Å². The van der Waals surface area contributed by atoms with Gasteiger partial charge in [0.15, 0.2) is 0 Å². The second-order valence-electron chi connectivity index (χ2n) is 8.12. The Morgan fingerprint density at radius 3 is 2.16 bits per heavy atom. The molecule has 0 aliphatic carbocycles. The minimum atomic E-state index is -4.53. The van der Waals surface area contributed by atoms with Gasteiger partial charge in [0.05, 0.1) is 21.7 Å². The van der Waals surface area contributed by atoms with Gasteiger partial charge in [-0.1, -0.05) is 6.07 Å². The molecule has 0 saturated carbocycles. The molecule has 11 heteroatoms. The van der Waals surface area contributed by atoms with Gasteiger partial charge in [0.25, 0.3) is 0 Å². The minimum absolute atomic E-state index is 0.0585. The van der Waals surface area contributed by atoms with Gasteiger partial charge in [-0.2, -0.15) is 13.2 Å². The fraction of sp³-hybridized carbons (Fsp3) is 0.400. The minimum Gasteiger partial charge on any atom is -0.458 e. The smallest absolute Gasteiger partial charge is 0.458 e. The summed E-state index contributed by atoms with van der Waals surface area (Å²) in [6.07, 6.45) is -4.53. The summed E-state index contributed by atoms with van der Waals surface area (Å²) >= 11 is 0. The monoisotopic (exact) mass is 457 g/mol. The highest BCUT2D eigenvalue weighted by molar-refractivity contribution is 7.89. The molecule has 1 saturated heterocycles. The second-order valence-corrected chi connectivity index (χ2v) is 10.0. The van der Waals surface area contributed by atoms with E-state index in [1.807, 2.05) is 27.7 Å². The van der Waals surface area contributed by atoms with E-state index in [0.29, 0.717) is 0 Å². The van der Waals surface area contributed by atoms with Crippen molar-refractivity contribution in [3.8, 4) is 11.5 Å². The lowest BCUT2D eigenvalue weighted by Gasteiger charge is -2.32. The lowest BCUT2D eigenvalue weighted by atomic mass is 9.78. The molecule has 0 bridgehead atoms. The van der Waals surface area contributed by atoms with Crippen LogP contribution in [-0.4, -0.2) is 33.8 Å². The van der Waals surface area contributed by atoms with Gasteiger partial charge in [0.2, 0.25) is 10.0 Å². The number of nitrogens with one attached hydrogen (secondary N) is 1. The highest BCUT2D eigenvalue weighted by atomic mass is 32.2. The quantitative estimate of drug-likeness (QED) is 0.694. The van der Waals surface area contributed by atoms with E-state index in [1.165, 1.54) is 37.4 Å². The predicted molar refractivity (Wildman–Crippen MR) is 110 cm³/mol. The molecule has 0 radical (unpaired) electrons. The van der Waals surface area contributed by atoms with Crippen LogP contribution in [0.25, 0.3) is 0 Å². The molecule has 31 heavy (non-hydrogen) atoms. The molecule has 1 aliphatic heterocycles. The molecule has 0 amide bonds. The summed E-state index contributed by atoms with van der Waals surface area (Å²) in [5.74, 6) is 0.0599. The van der Waals surface area contributed by atoms with Gasteiger partial charge in [0, 0.05) is 5.46 Å². The molecule has 0 aromatic heterocycles. The van der Waals surface area contributed by atoms with Crippen LogP contribution in [-0.2, 0) is 25.5 Å². The Bertz CT molecular complexity index is 1070. The summed E-state index contributed by atoms with van der Waals surface area (Å²) in [7, 11) is -3.50. The number of alkyl halides is 3. The molecule has 0 atom stereocenters. The van der Waals surface area contributed by atoms with Gasteiger partial charge >= 0.3 is 13.3 Å². The Balaban J connectivity index is 2.07. The highest BCUT2D eigenvalue weighted by Gasteiger charge is 2.52. The summed E-state index contributed by atoms with van der Waals surface area (Å²) in [5.41, 5.74) is -2.06. The van der Waals surface area contributed by atoms with Crippen molar-refractivity contribution in [1.82, 2.24) is 4.72 Å². The fourth-order valence-electron chi connectivity index (χ4n) is 2.92. The molecule has 168 valence electrons. The summed E-state index contributed by atoms with van der Waals surface area (Å²) < 4.78 is 83.7. The second kappa shape index (κ2) is 7.81. The van der Waals surface area contributed by atoms with Crippen LogP contribution in [0.1, 0.15) is 33.3 Å². The topological polar surface area (TPSA) is 73.9 Å². The van der Waals surface area contributed by atoms with Crippen molar-refractivity contribution in [3.63, 3.8) is 0 Å². The third-order valence-electron chi connectivity index (χ3n) is 5.46. The van der Waals surface area contributed by atoms with E-state index in [2.05, 4.69) is 4.72 Å². The van der Waals surface area contributed by atoms with Crippen molar-refractivity contribution in [2.24, 2.45) is 0 Å². The number of hydrogen-bond donors (Lipinski definition) is 1. The SMILES string of the molecule is CNS(=O)(=O)c1ccc(Oc2cccc(C(F)(F)F)c2)c(B2OC(C)(C)C(C)(C)O2)c1. The van der Waals surface area contributed by atoms with Crippen LogP contribution >= 0.6 is 0 Å². The summed E-state index contributed by atoms with van der Waals surface area (Å²) in [5, 5.41) is 0. The number of halogens is 3.